The highest BCUT2D eigenvalue weighted by Crippen LogP contribution is 2.30. The zero-order valence-corrected chi connectivity index (χ0v) is 17.6. The van der Waals surface area contributed by atoms with E-state index in [2.05, 4.69) is 39.1 Å². The third-order valence-electron chi connectivity index (χ3n) is 5.52. The molecule has 0 N–H and O–H groups in total. The summed E-state index contributed by atoms with van der Waals surface area (Å²) in [7, 11) is 0. The van der Waals surface area contributed by atoms with Crippen LogP contribution in [0, 0.1) is 12.8 Å². The molecule has 0 spiro atoms. The fourth-order valence-corrected chi connectivity index (χ4v) is 3.93. The number of alkyl halides is 1. The summed E-state index contributed by atoms with van der Waals surface area (Å²) >= 11 is 0. The summed E-state index contributed by atoms with van der Waals surface area (Å²) in [6.45, 7) is 8.17. The van der Waals surface area contributed by atoms with E-state index in [0.29, 0.717) is 42.0 Å². The fourth-order valence-electron chi connectivity index (χ4n) is 3.93. The van der Waals surface area contributed by atoms with E-state index >= 15 is 4.39 Å². The van der Waals surface area contributed by atoms with E-state index in [1.807, 2.05) is 18.2 Å². The molecule has 3 heterocycles. The number of Topliss-reactive ketones (excluding diaryl/α,β-unsaturated/α-hetero) is 1. The van der Waals surface area contributed by atoms with Crippen LogP contribution in [0.2, 0.25) is 0 Å². The number of carbonyl (C=O) groups is 1. The predicted octanol–water partition coefficient (Wildman–Crippen LogP) is 3.56. The number of piperidine rings is 1. The SMILES string of the molecule is Cc1nnc(-c2ccc3nnc(CC(=O)C4(F)CCN(CC(C)C)CC4)cc3c2)o1. The Morgan fingerprint density at radius 1 is 1.17 bits per heavy atom. The summed E-state index contributed by atoms with van der Waals surface area (Å²) in [6, 6.07) is 7.28. The van der Waals surface area contributed by atoms with Crippen LogP contribution in [-0.4, -0.2) is 56.4 Å². The van der Waals surface area contributed by atoms with E-state index in [-0.39, 0.29) is 19.3 Å². The molecule has 1 saturated heterocycles. The van der Waals surface area contributed by atoms with Crippen molar-refractivity contribution in [3.8, 4) is 11.5 Å². The van der Waals surface area contributed by atoms with E-state index in [1.54, 1.807) is 13.0 Å². The number of aryl methyl sites for hydroxylation is 1. The van der Waals surface area contributed by atoms with Crippen molar-refractivity contribution < 1.29 is 13.6 Å². The van der Waals surface area contributed by atoms with Gasteiger partial charge in [-0.1, -0.05) is 13.8 Å². The van der Waals surface area contributed by atoms with Crippen LogP contribution in [0.5, 0.6) is 0 Å². The number of aromatic nitrogens is 4. The molecular weight excluding hydrogens is 385 g/mol. The van der Waals surface area contributed by atoms with E-state index in [0.717, 1.165) is 17.5 Å². The van der Waals surface area contributed by atoms with E-state index < -0.39 is 11.5 Å². The van der Waals surface area contributed by atoms with Gasteiger partial charge >= 0.3 is 0 Å². The Hall–Kier alpha value is -2.74. The monoisotopic (exact) mass is 411 g/mol. The Bertz CT molecular complexity index is 1060. The quantitative estimate of drug-likeness (QED) is 0.613. The molecule has 0 saturated carbocycles. The standard InChI is InChI=1S/C22H26FN5O2/c1-14(2)13-28-8-6-22(23,7-9-28)20(29)12-18-11-17-10-16(4-5-19(17)26-25-18)21-27-24-15(3)30-21/h4-5,10-11,14H,6-9,12-13H2,1-3H3. The van der Waals surface area contributed by atoms with Crippen molar-refractivity contribution in [3.05, 3.63) is 35.9 Å². The van der Waals surface area contributed by atoms with Gasteiger partial charge in [-0.15, -0.1) is 10.2 Å². The van der Waals surface area contributed by atoms with Gasteiger partial charge in [0.1, 0.15) is 0 Å². The van der Waals surface area contributed by atoms with E-state index in [9.17, 15) is 4.79 Å². The molecule has 158 valence electrons. The molecule has 1 fully saturated rings. The molecule has 1 aromatic carbocycles. The first kappa shape index (κ1) is 20.5. The number of rotatable bonds is 6. The molecule has 1 aliphatic rings. The van der Waals surface area contributed by atoms with Crippen LogP contribution in [0.25, 0.3) is 22.4 Å². The van der Waals surface area contributed by atoms with Crippen molar-refractivity contribution in [3.63, 3.8) is 0 Å². The largest absolute Gasteiger partial charge is 0.421 e. The molecule has 0 amide bonds. The van der Waals surface area contributed by atoms with Crippen molar-refractivity contribution in [2.24, 2.45) is 5.92 Å². The number of likely N-dealkylation sites (tertiary alicyclic amines) is 1. The normalized spacial score (nSPS) is 17.0. The number of fused-ring (bicyclic) bond motifs is 1. The Kier molecular flexibility index (Phi) is 5.60. The van der Waals surface area contributed by atoms with Crippen LogP contribution in [0.3, 0.4) is 0 Å². The zero-order chi connectivity index (χ0) is 21.3. The van der Waals surface area contributed by atoms with Crippen LogP contribution < -0.4 is 0 Å². The first-order chi connectivity index (χ1) is 14.3. The number of carbonyl (C=O) groups excluding carboxylic acids is 1. The highest BCUT2D eigenvalue weighted by molar-refractivity contribution is 5.90. The number of hydrogen-bond acceptors (Lipinski definition) is 7. The summed E-state index contributed by atoms with van der Waals surface area (Å²) in [6.07, 6.45) is 0.411. The number of halogens is 1. The molecule has 3 aromatic rings. The summed E-state index contributed by atoms with van der Waals surface area (Å²) in [5, 5.41) is 17.0. The first-order valence-corrected chi connectivity index (χ1v) is 10.3. The summed E-state index contributed by atoms with van der Waals surface area (Å²) in [5.41, 5.74) is 0.122. The lowest BCUT2D eigenvalue weighted by Crippen LogP contribution is -2.47. The van der Waals surface area contributed by atoms with Crippen LogP contribution in [0.15, 0.2) is 28.7 Å². The minimum Gasteiger partial charge on any atom is -0.421 e. The Balaban J connectivity index is 1.48. The number of hydrogen-bond donors (Lipinski definition) is 0. The summed E-state index contributed by atoms with van der Waals surface area (Å²) in [4.78, 5) is 15.0. The van der Waals surface area contributed by atoms with Crippen LogP contribution in [0.4, 0.5) is 4.39 Å². The molecule has 0 unspecified atom stereocenters. The van der Waals surface area contributed by atoms with Gasteiger partial charge in [-0.2, -0.15) is 10.2 Å². The molecule has 30 heavy (non-hydrogen) atoms. The van der Waals surface area contributed by atoms with Gasteiger partial charge in [-0.05, 0) is 30.2 Å². The van der Waals surface area contributed by atoms with Crippen LogP contribution in [0.1, 0.15) is 38.3 Å². The van der Waals surface area contributed by atoms with Crippen LogP contribution >= 0.6 is 0 Å². The summed E-state index contributed by atoms with van der Waals surface area (Å²) in [5.74, 6) is 1.02. The molecule has 0 bridgehead atoms. The van der Waals surface area contributed by atoms with Gasteiger partial charge in [-0.3, -0.25) is 4.79 Å². The number of ketones is 1. The lowest BCUT2D eigenvalue weighted by molar-refractivity contribution is -0.133. The molecule has 7 nitrogen and oxygen atoms in total. The van der Waals surface area contributed by atoms with Gasteiger partial charge in [0.15, 0.2) is 11.5 Å². The summed E-state index contributed by atoms with van der Waals surface area (Å²) < 4.78 is 20.8. The third kappa shape index (κ3) is 4.38. The Morgan fingerprint density at radius 2 is 1.93 bits per heavy atom. The van der Waals surface area contributed by atoms with Gasteiger partial charge in [0.25, 0.3) is 0 Å². The molecule has 0 aliphatic carbocycles. The Morgan fingerprint density at radius 3 is 2.60 bits per heavy atom. The maximum absolute atomic E-state index is 15.3. The van der Waals surface area contributed by atoms with Gasteiger partial charge < -0.3 is 9.32 Å². The number of nitrogens with zero attached hydrogens (tertiary/aromatic N) is 5. The maximum atomic E-state index is 15.3. The van der Waals surface area contributed by atoms with Gasteiger partial charge in [0, 0.05) is 50.3 Å². The van der Waals surface area contributed by atoms with Crippen molar-refractivity contribution in [2.45, 2.75) is 45.7 Å². The average Bonchev–Trinajstić information content (AvgIpc) is 3.15. The van der Waals surface area contributed by atoms with E-state index in [4.69, 9.17) is 4.42 Å². The highest BCUT2D eigenvalue weighted by atomic mass is 19.1. The Labute approximate surface area is 174 Å². The van der Waals surface area contributed by atoms with Crippen molar-refractivity contribution in [1.82, 2.24) is 25.3 Å². The van der Waals surface area contributed by atoms with Crippen molar-refractivity contribution >= 4 is 16.7 Å². The molecule has 0 atom stereocenters. The average molecular weight is 411 g/mol. The molecule has 0 radical (unpaired) electrons. The predicted molar refractivity (Wildman–Crippen MR) is 111 cm³/mol. The molecular formula is C22H26FN5O2. The second-order valence-corrected chi connectivity index (χ2v) is 8.50. The van der Waals surface area contributed by atoms with Crippen molar-refractivity contribution in [1.29, 1.82) is 0 Å². The fraction of sp³-hybridized carbons (Fsp3) is 0.500. The minimum atomic E-state index is -1.78. The highest BCUT2D eigenvalue weighted by Gasteiger charge is 2.41. The number of benzene rings is 1. The lowest BCUT2D eigenvalue weighted by Gasteiger charge is -2.36. The lowest BCUT2D eigenvalue weighted by atomic mass is 9.86. The zero-order valence-electron chi connectivity index (χ0n) is 17.6. The van der Waals surface area contributed by atoms with Gasteiger partial charge in [0.2, 0.25) is 11.8 Å². The van der Waals surface area contributed by atoms with Crippen molar-refractivity contribution in [2.75, 3.05) is 19.6 Å². The smallest absolute Gasteiger partial charge is 0.247 e. The van der Waals surface area contributed by atoms with Gasteiger partial charge in [-0.25, -0.2) is 4.39 Å². The molecule has 4 rings (SSSR count). The second-order valence-electron chi connectivity index (χ2n) is 8.50. The van der Waals surface area contributed by atoms with E-state index in [1.165, 1.54) is 0 Å². The third-order valence-corrected chi connectivity index (χ3v) is 5.52. The maximum Gasteiger partial charge on any atom is 0.247 e. The molecule has 1 aliphatic heterocycles. The first-order valence-electron chi connectivity index (χ1n) is 10.3. The molecule has 2 aromatic heterocycles. The van der Waals surface area contributed by atoms with Crippen LogP contribution in [-0.2, 0) is 11.2 Å². The molecule has 8 heteroatoms. The second kappa shape index (κ2) is 8.18. The topological polar surface area (TPSA) is 85.0 Å². The minimum absolute atomic E-state index is 0.0620. The van der Waals surface area contributed by atoms with Gasteiger partial charge in [0.05, 0.1) is 17.6 Å².